The van der Waals surface area contributed by atoms with Gasteiger partial charge in [0.15, 0.2) is 0 Å². The summed E-state index contributed by atoms with van der Waals surface area (Å²) >= 11 is 0. The van der Waals surface area contributed by atoms with Gasteiger partial charge in [-0.05, 0) is 6.42 Å². The molecule has 0 unspecified atom stereocenters. The molecule has 0 aliphatic rings. The molecular weight excluding hydrogens is 218 g/mol. The number of nitrogens with one attached hydrogen (secondary N) is 1. The maximum atomic E-state index is 11.6. The van der Waals surface area contributed by atoms with Crippen LogP contribution in [-0.4, -0.2) is 32.0 Å². The predicted molar refractivity (Wildman–Crippen MR) is 54.1 cm³/mol. The van der Waals surface area contributed by atoms with Gasteiger partial charge in [-0.2, -0.15) is 0 Å². The molecule has 0 aliphatic carbocycles. The van der Waals surface area contributed by atoms with Crippen LogP contribution in [0.2, 0.25) is 0 Å². The average molecular weight is 231 g/mol. The summed E-state index contributed by atoms with van der Waals surface area (Å²) in [6.45, 7) is 2.28. The van der Waals surface area contributed by atoms with Gasteiger partial charge in [-0.25, -0.2) is 23.1 Å². The van der Waals surface area contributed by atoms with Crippen molar-refractivity contribution in [2.24, 2.45) is 0 Å². The molecule has 1 rings (SSSR count). The lowest BCUT2D eigenvalue weighted by Crippen LogP contribution is -2.24. The van der Waals surface area contributed by atoms with Crippen molar-refractivity contribution in [3.8, 4) is 6.01 Å². The first-order valence-corrected chi connectivity index (χ1v) is 5.94. The highest BCUT2D eigenvalue weighted by molar-refractivity contribution is 7.89. The molecule has 15 heavy (non-hydrogen) atoms. The van der Waals surface area contributed by atoms with Crippen LogP contribution in [0.15, 0.2) is 17.3 Å². The third-order valence-electron chi connectivity index (χ3n) is 1.64. The van der Waals surface area contributed by atoms with Gasteiger partial charge in [-0.1, -0.05) is 6.92 Å². The van der Waals surface area contributed by atoms with Crippen LogP contribution in [-0.2, 0) is 10.0 Å². The van der Waals surface area contributed by atoms with Gasteiger partial charge in [0.1, 0.15) is 4.90 Å². The molecule has 6 nitrogen and oxygen atoms in total. The maximum Gasteiger partial charge on any atom is 0.316 e. The largest absolute Gasteiger partial charge is 0.467 e. The van der Waals surface area contributed by atoms with Gasteiger partial charge in [-0.3, -0.25) is 0 Å². The number of hydrogen-bond donors (Lipinski definition) is 1. The van der Waals surface area contributed by atoms with Crippen molar-refractivity contribution in [1.29, 1.82) is 0 Å². The van der Waals surface area contributed by atoms with Gasteiger partial charge in [0.25, 0.3) is 0 Å². The van der Waals surface area contributed by atoms with Gasteiger partial charge >= 0.3 is 6.01 Å². The van der Waals surface area contributed by atoms with E-state index in [1.807, 2.05) is 6.92 Å². The Labute approximate surface area is 88.8 Å². The SMILES string of the molecule is CCCNS(=O)(=O)c1cnc(OC)nc1. The molecule has 0 saturated heterocycles. The first-order chi connectivity index (χ1) is 7.10. The molecule has 84 valence electrons. The Morgan fingerprint density at radius 1 is 1.40 bits per heavy atom. The van der Waals surface area contributed by atoms with Crippen LogP contribution in [0.5, 0.6) is 6.01 Å². The van der Waals surface area contributed by atoms with Crippen molar-refractivity contribution in [3.05, 3.63) is 12.4 Å². The van der Waals surface area contributed by atoms with E-state index in [2.05, 4.69) is 14.7 Å². The standard InChI is InChI=1S/C8H13N3O3S/c1-3-4-11-15(12,13)7-5-9-8(14-2)10-6-7/h5-6,11H,3-4H2,1-2H3. The highest BCUT2D eigenvalue weighted by Gasteiger charge is 2.13. The van der Waals surface area contributed by atoms with E-state index in [0.717, 1.165) is 6.42 Å². The Kier molecular flexibility index (Phi) is 3.98. The first-order valence-electron chi connectivity index (χ1n) is 4.46. The number of hydrogen-bond acceptors (Lipinski definition) is 5. The van der Waals surface area contributed by atoms with Crippen molar-refractivity contribution in [2.75, 3.05) is 13.7 Å². The predicted octanol–water partition coefficient (Wildman–Crippen LogP) is 0.174. The fourth-order valence-corrected chi connectivity index (χ4v) is 1.89. The molecule has 0 saturated carbocycles. The summed E-state index contributed by atoms with van der Waals surface area (Å²) in [5.41, 5.74) is 0. The topological polar surface area (TPSA) is 81.2 Å². The van der Waals surface area contributed by atoms with E-state index in [1.165, 1.54) is 19.5 Å². The maximum absolute atomic E-state index is 11.6. The Bertz CT molecular complexity index is 402. The molecule has 1 aromatic rings. The summed E-state index contributed by atoms with van der Waals surface area (Å²) in [7, 11) is -2.06. The molecule has 1 heterocycles. The van der Waals surface area contributed by atoms with Gasteiger partial charge in [0.05, 0.1) is 19.5 Å². The Morgan fingerprint density at radius 3 is 2.47 bits per heavy atom. The molecule has 1 aromatic heterocycles. The zero-order chi connectivity index (χ0) is 11.3. The summed E-state index contributed by atoms with van der Waals surface area (Å²) in [5.74, 6) is 0. The quantitative estimate of drug-likeness (QED) is 0.781. The van der Waals surface area contributed by atoms with Crippen molar-refractivity contribution >= 4 is 10.0 Å². The minimum absolute atomic E-state index is 0.0387. The van der Waals surface area contributed by atoms with Crippen LogP contribution in [0.25, 0.3) is 0 Å². The normalized spacial score (nSPS) is 11.3. The second-order valence-electron chi connectivity index (χ2n) is 2.80. The second kappa shape index (κ2) is 5.04. The van der Waals surface area contributed by atoms with Crippen LogP contribution in [0.3, 0.4) is 0 Å². The number of aromatic nitrogens is 2. The minimum atomic E-state index is -3.48. The van der Waals surface area contributed by atoms with Crippen LogP contribution < -0.4 is 9.46 Å². The van der Waals surface area contributed by atoms with E-state index in [1.54, 1.807) is 0 Å². The lowest BCUT2D eigenvalue weighted by Gasteiger charge is -2.04. The number of rotatable bonds is 5. The van der Waals surface area contributed by atoms with Crippen LogP contribution >= 0.6 is 0 Å². The van der Waals surface area contributed by atoms with E-state index < -0.39 is 10.0 Å². The van der Waals surface area contributed by atoms with Crippen molar-refractivity contribution in [3.63, 3.8) is 0 Å². The second-order valence-corrected chi connectivity index (χ2v) is 4.57. The molecule has 0 atom stereocenters. The van der Waals surface area contributed by atoms with E-state index in [-0.39, 0.29) is 10.9 Å². The van der Waals surface area contributed by atoms with Crippen molar-refractivity contribution in [1.82, 2.24) is 14.7 Å². The molecule has 1 N–H and O–H groups in total. The fourth-order valence-electron chi connectivity index (χ4n) is 0.868. The third kappa shape index (κ3) is 3.14. The molecule has 0 aliphatic heterocycles. The van der Waals surface area contributed by atoms with E-state index in [4.69, 9.17) is 4.74 Å². The van der Waals surface area contributed by atoms with E-state index >= 15 is 0 Å². The number of sulfonamides is 1. The molecule has 0 bridgehead atoms. The fraction of sp³-hybridized carbons (Fsp3) is 0.500. The molecule has 7 heteroatoms. The van der Waals surface area contributed by atoms with E-state index in [9.17, 15) is 8.42 Å². The average Bonchev–Trinajstić information content (AvgIpc) is 2.26. The third-order valence-corrected chi connectivity index (χ3v) is 3.06. The monoisotopic (exact) mass is 231 g/mol. The van der Waals surface area contributed by atoms with Gasteiger partial charge < -0.3 is 4.74 Å². The first kappa shape index (κ1) is 11.9. The number of methoxy groups -OCH3 is 1. The highest BCUT2D eigenvalue weighted by atomic mass is 32.2. The molecule has 0 radical (unpaired) electrons. The molecule has 0 amide bonds. The number of nitrogens with zero attached hydrogens (tertiary/aromatic N) is 2. The van der Waals surface area contributed by atoms with Crippen LogP contribution in [0.1, 0.15) is 13.3 Å². The summed E-state index contributed by atoms with van der Waals surface area (Å²) in [6.07, 6.45) is 3.16. The Balaban J connectivity index is 2.86. The lowest BCUT2D eigenvalue weighted by molar-refractivity contribution is 0.378. The van der Waals surface area contributed by atoms with Crippen LogP contribution in [0.4, 0.5) is 0 Å². The lowest BCUT2D eigenvalue weighted by atomic mass is 10.5. The van der Waals surface area contributed by atoms with Gasteiger partial charge in [-0.15, -0.1) is 0 Å². The van der Waals surface area contributed by atoms with Gasteiger partial charge in [0.2, 0.25) is 10.0 Å². The summed E-state index contributed by atoms with van der Waals surface area (Å²) in [5, 5.41) is 0. The molecule has 0 fully saturated rings. The summed E-state index contributed by atoms with van der Waals surface area (Å²) in [4.78, 5) is 7.48. The Morgan fingerprint density at radius 2 is 2.00 bits per heavy atom. The highest BCUT2D eigenvalue weighted by Crippen LogP contribution is 2.07. The zero-order valence-corrected chi connectivity index (χ0v) is 9.41. The summed E-state index contributed by atoms with van der Waals surface area (Å²) in [6, 6.07) is 0.143. The number of ether oxygens (including phenoxy) is 1. The molecular formula is C8H13N3O3S. The Hall–Kier alpha value is -1.21. The van der Waals surface area contributed by atoms with Crippen molar-refractivity contribution in [2.45, 2.75) is 18.2 Å². The smallest absolute Gasteiger partial charge is 0.316 e. The summed E-state index contributed by atoms with van der Waals surface area (Å²) < 4.78 is 30.3. The zero-order valence-electron chi connectivity index (χ0n) is 8.60. The van der Waals surface area contributed by atoms with Crippen molar-refractivity contribution < 1.29 is 13.2 Å². The molecule has 0 spiro atoms. The van der Waals surface area contributed by atoms with Crippen LogP contribution in [0, 0.1) is 0 Å². The van der Waals surface area contributed by atoms with Gasteiger partial charge in [0, 0.05) is 6.54 Å². The minimum Gasteiger partial charge on any atom is -0.467 e. The van der Waals surface area contributed by atoms with E-state index in [0.29, 0.717) is 6.54 Å². The molecule has 0 aromatic carbocycles.